The second-order valence-corrected chi connectivity index (χ2v) is 7.97. The minimum absolute atomic E-state index is 0.224. The van der Waals surface area contributed by atoms with Crippen LogP contribution in [0.1, 0.15) is 70.7 Å². The average Bonchev–Trinajstić information content (AvgIpc) is 3.18. The zero-order valence-corrected chi connectivity index (χ0v) is 16.2. The molecular weight excluding hydrogens is 352 g/mol. The molecule has 7 heteroatoms. The number of amides is 1. The Morgan fingerprint density at radius 2 is 2.12 bits per heavy atom. The van der Waals surface area contributed by atoms with E-state index in [0.717, 1.165) is 42.5 Å². The van der Waals surface area contributed by atoms with Crippen molar-refractivity contribution >= 4 is 28.2 Å². The summed E-state index contributed by atoms with van der Waals surface area (Å²) in [6, 6.07) is 1.66. The first-order valence-corrected chi connectivity index (χ1v) is 9.89. The number of aromatic nitrogens is 1. The van der Waals surface area contributed by atoms with Gasteiger partial charge in [0, 0.05) is 17.4 Å². The van der Waals surface area contributed by atoms with Gasteiger partial charge in [-0.25, -0.2) is 4.79 Å². The number of fused-ring (bicyclic) bond motifs is 1. The number of carbonyl (C=O) groups is 2. The molecule has 2 aromatic heterocycles. The molecule has 1 aliphatic carbocycles. The molecule has 0 atom stereocenters. The number of nitrogens with zero attached hydrogens (tertiary/aromatic N) is 1. The SMILES string of the molecule is CCOC(=O)c1c(NC(=O)c2cc(CC(C)C)on2)sc2c1CCCC2. The van der Waals surface area contributed by atoms with Crippen molar-refractivity contribution in [3.63, 3.8) is 0 Å². The molecule has 0 aromatic carbocycles. The zero-order valence-electron chi connectivity index (χ0n) is 15.4. The molecule has 2 heterocycles. The van der Waals surface area contributed by atoms with Gasteiger partial charge >= 0.3 is 5.97 Å². The van der Waals surface area contributed by atoms with Crippen LogP contribution in [-0.2, 0) is 24.0 Å². The Bertz CT molecular complexity index is 807. The Morgan fingerprint density at radius 3 is 2.85 bits per heavy atom. The molecule has 140 valence electrons. The summed E-state index contributed by atoms with van der Waals surface area (Å²) < 4.78 is 10.4. The molecular formula is C19H24N2O4S. The van der Waals surface area contributed by atoms with Crippen LogP contribution in [0.3, 0.4) is 0 Å². The van der Waals surface area contributed by atoms with E-state index in [4.69, 9.17) is 9.26 Å². The van der Waals surface area contributed by atoms with E-state index in [1.807, 2.05) is 0 Å². The number of aryl methyl sites for hydroxylation is 1. The van der Waals surface area contributed by atoms with E-state index in [2.05, 4.69) is 24.3 Å². The predicted octanol–water partition coefficient (Wildman–Crippen LogP) is 4.24. The van der Waals surface area contributed by atoms with Gasteiger partial charge in [-0.15, -0.1) is 11.3 Å². The molecule has 1 aliphatic rings. The molecule has 0 radical (unpaired) electrons. The van der Waals surface area contributed by atoms with E-state index in [-0.39, 0.29) is 17.6 Å². The number of hydrogen-bond donors (Lipinski definition) is 1. The lowest BCUT2D eigenvalue weighted by Crippen LogP contribution is -2.16. The van der Waals surface area contributed by atoms with E-state index >= 15 is 0 Å². The minimum atomic E-state index is -0.372. The van der Waals surface area contributed by atoms with Gasteiger partial charge in [0.1, 0.15) is 10.8 Å². The topological polar surface area (TPSA) is 81.4 Å². The molecule has 0 aliphatic heterocycles. The maximum Gasteiger partial charge on any atom is 0.341 e. The maximum atomic E-state index is 12.6. The Balaban J connectivity index is 1.84. The monoisotopic (exact) mass is 376 g/mol. The Morgan fingerprint density at radius 1 is 1.35 bits per heavy atom. The summed E-state index contributed by atoms with van der Waals surface area (Å²) in [7, 11) is 0. The van der Waals surface area contributed by atoms with E-state index in [0.29, 0.717) is 28.8 Å². The molecule has 0 fully saturated rings. The highest BCUT2D eigenvalue weighted by Gasteiger charge is 2.28. The van der Waals surface area contributed by atoms with Gasteiger partial charge in [-0.2, -0.15) is 0 Å². The van der Waals surface area contributed by atoms with Crippen molar-refractivity contribution in [2.24, 2.45) is 5.92 Å². The standard InChI is InChI=1S/C19H24N2O4S/c1-4-24-19(23)16-13-7-5-6-8-15(13)26-18(16)20-17(22)14-10-12(25-21-14)9-11(2)3/h10-11H,4-9H2,1-3H3,(H,20,22). The quantitative estimate of drug-likeness (QED) is 0.763. The van der Waals surface area contributed by atoms with Gasteiger partial charge in [0.2, 0.25) is 0 Å². The number of ether oxygens (including phenoxy) is 1. The van der Waals surface area contributed by atoms with E-state index < -0.39 is 0 Å². The molecule has 1 amide bonds. The highest BCUT2D eigenvalue weighted by atomic mass is 32.1. The Kier molecular flexibility index (Phi) is 5.76. The third-order valence-electron chi connectivity index (χ3n) is 4.28. The van der Waals surface area contributed by atoms with Gasteiger partial charge in [-0.1, -0.05) is 19.0 Å². The van der Waals surface area contributed by atoms with Crippen LogP contribution in [0.5, 0.6) is 0 Å². The van der Waals surface area contributed by atoms with Gasteiger partial charge in [-0.3, -0.25) is 4.79 Å². The van der Waals surface area contributed by atoms with Crippen LogP contribution >= 0.6 is 11.3 Å². The van der Waals surface area contributed by atoms with E-state index in [9.17, 15) is 9.59 Å². The zero-order chi connectivity index (χ0) is 18.7. The second kappa shape index (κ2) is 8.03. The third-order valence-corrected chi connectivity index (χ3v) is 5.49. The molecule has 0 saturated carbocycles. The maximum absolute atomic E-state index is 12.6. The summed E-state index contributed by atoms with van der Waals surface area (Å²) in [6.45, 7) is 6.23. The van der Waals surface area contributed by atoms with Crippen molar-refractivity contribution in [3.8, 4) is 0 Å². The first-order chi connectivity index (χ1) is 12.5. The predicted molar refractivity (Wildman–Crippen MR) is 99.9 cm³/mol. The Hall–Kier alpha value is -2.15. The smallest absolute Gasteiger partial charge is 0.341 e. The average molecular weight is 376 g/mol. The first-order valence-electron chi connectivity index (χ1n) is 9.08. The van der Waals surface area contributed by atoms with Crippen LogP contribution in [0, 0.1) is 5.92 Å². The van der Waals surface area contributed by atoms with Gasteiger partial charge in [-0.05, 0) is 44.1 Å². The number of hydrogen-bond acceptors (Lipinski definition) is 6. The summed E-state index contributed by atoms with van der Waals surface area (Å²) >= 11 is 1.47. The van der Waals surface area contributed by atoms with Crippen LogP contribution < -0.4 is 5.32 Å². The summed E-state index contributed by atoms with van der Waals surface area (Å²) in [5, 5.41) is 7.26. The van der Waals surface area contributed by atoms with Crippen LogP contribution in [0.4, 0.5) is 5.00 Å². The van der Waals surface area contributed by atoms with Crippen molar-refractivity contribution in [1.29, 1.82) is 0 Å². The lowest BCUT2D eigenvalue weighted by atomic mass is 9.95. The number of anilines is 1. The lowest BCUT2D eigenvalue weighted by molar-refractivity contribution is 0.0526. The Labute approximate surface area is 156 Å². The number of nitrogens with one attached hydrogen (secondary N) is 1. The number of thiophene rings is 1. The normalized spacial score (nSPS) is 13.5. The van der Waals surface area contributed by atoms with Crippen LogP contribution in [0.2, 0.25) is 0 Å². The van der Waals surface area contributed by atoms with Crippen molar-refractivity contribution in [2.75, 3.05) is 11.9 Å². The largest absolute Gasteiger partial charge is 0.462 e. The third kappa shape index (κ3) is 3.98. The van der Waals surface area contributed by atoms with Crippen LogP contribution in [0.15, 0.2) is 10.6 Å². The van der Waals surface area contributed by atoms with Crippen LogP contribution in [-0.4, -0.2) is 23.6 Å². The van der Waals surface area contributed by atoms with Crippen molar-refractivity contribution in [3.05, 3.63) is 33.5 Å². The number of carbonyl (C=O) groups excluding carboxylic acids is 2. The molecule has 3 rings (SSSR count). The second-order valence-electron chi connectivity index (χ2n) is 6.87. The van der Waals surface area contributed by atoms with E-state index in [1.54, 1.807) is 13.0 Å². The fourth-order valence-electron chi connectivity index (χ4n) is 3.16. The van der Waals surface area contributed by atoms with E-state index in [1.165, 1.54) is 11.3 Å². The van der Waals surface area contributed by atoms with Crippen LogP contribution in [0.25, 0.3) is 0 Å². The van der Waals surface area contributed by atoms with Crippen molar-refractivity contribution in [2.45, 2.75) is 52.9 Å². The molecule has 0 unspecified atom stereocenters. The van der Waals surface area contributed by atoms with Gasteiger partial charge < -0.3 is 14.6 Å². The summed E-state index contributed by atoms with van der Waals surface area (Å²) in [6.07, 6.45) is 4.65. The lowest BCUT2D eigenvalue weighted by Gasteiger charge is -2.12. The number of esters is 1. The minimum Gasteiger partial charge on any atom is -0.462 e. The fourth-order valence-corrected chi connectivity index (χ4v) is 4.43. The van der Waals surface area contributed by atoms with Crippen molar-refractivity contribution in [1.82, 2.24) is 5.16 Å². The van der Waals surface area contributed by atoms with Gasteiger partial charge in [0.25, 0.3) is 5.91 Å². The first kappa shape index (κ1) is 18.6. The molecule has 0 bridgehead atoms. The molecule has 0 spiro atoms. The highest BCUT2D eigenvalue weighted by Crippen LogP contribution is 2.38. The van der Waals surface area contributed by atoms with Gasteiger partial charge in [0.15, 0.2) is 5.69 Å². The van der Waals surface area contributed by atoms with Gasteiger partial charge in [0.05, 0.1) is 12.2 Å². The molecule has 6 nitrogen and oxygen atoms in total. The summed E-state index contributed by atoms with van der Waals surface area (Å²) in [4.78, 5) is 26.2. The van der Waals surface area contributed by atoms with Crippen molar-refractivity contribution < 1.29 is 18.8 Å². The molecule has 26 heavy (non-hydrogen) atoms. The summed E-state index contributed by atoms with van der Waals surface area (Å²) in [5.74, 6) is 0.357. The molecule has 0 saturated heterocycles. The molecule has 1 N–H and O–H groups in total. The summed E-state index contributed by atoms with van der Waals surface area (Å²) in [5.41, 5.74) is 1.75. The number of rotatable bonds is 6. The molecule has 2 aromatic rings. The fraction of sp³-hybridized carbons (Fsp3) is 0.526. The highest BCUT2D eigenvalue weighted by molar-refractivity contribution is 7.17.